The van der Waals surface area contributed by atoms with Gasteiger partial charge in [0.25, 0.3) is 0 Å². The van der Waals surface area contributed by atoms with Gasteiger partial charge in [-0.15, -0.1) is 0 Å². The Morgan fingerprint density at radius 1 is 1.50 bits per heavy atom. The van der Waals surface area contributed by atoms with E-state index in [2.05, 4.69) is 11.4 Å². The largest absolute Gasteiger partial charge is 0.382 e. The summed E-state index contributed by atoms with van der Waals surface area (Å²) in [7, 11) is -0.858. The van der Waals surface area contributed by atoms with Crippen LogP contribution < -0.4 is 5.32 Å². The first-order valence-corrected chi connectivity index (χ1v) is 6.70. The van der Waals surface area contributed by atoms with Crippen molar-refractivity contribution >= 4 is 16.4 Å². The van der Waals surface area contributed by atoms with Crippen molar-refractivity contribution in [2.75, 3.05) is 12.0 Å². The van der Waals surface area contributed by atoms with Crippen LogP contribution in [0.2, 0.25) is 0 Å². The summed E-state index contributed by atoms with van der Waals surface area (Å²) < 4.78 is 11.3. The van der Waals surface area contributed by atoms with E-state index in [1.54, 1.807) is 12.5 Å². The number of fused-ring (bicyclic) bond motifs is 1. The molecule has 0 amide bonds. The van der Waals surface area contributed by atoms with E-state index >= 15 is 0 Å². The quantitative estimate of drug-likeness (QED) is 0.842. The molecule has 0 fully saturated rings. The van der Waals surface area contributed by atoms with Gasteiger partial charge in [-0.25, -0.2) is 0 Å². The van der Waals surface area contributed by atoms with Gasteiger partial charge in [0, 0.05) is 29.0 Å². The first-order chi connectivity index (χ1) is 7.72. The van der Waals surface area contributed by atoms with Gasteiger partial charge in [0.05, 0.1) is 11.6 Å². The molecule has 0 saturated heterocycles. The molecule has 0 aromatic heterocycles. The van der Waals surface area contributed by atoms with Gasteiger partial charge in [-0.3, -0.25) is 4.21 Å². The molecule has 0 saturated carbocycles. The summed E-state index contributed by atoms with van der Waals surface area (Å²) in [5.74, 6) is 0.562. The Balaban J connectivity index is 2.42. The SMILES string of the molecule is CS(=O)CC1NC=C(C#N)c2ccccc21. The van der Waals surface area contributed by atoms with Gasteiger partial charge in [0.2, 0.25) is 0 Å². The Morgan fingerprint density at radius 2 is 2.25 bits per heavy atom. The maximum Gasteiger partial charge on any atom is 0.101 e. The molecule has 4 heteroatoms. The van der Waals surface area contributed by atoms with Crippen molar-refractivity contribution in [3.05, 3.63) is 41.6 Å². The predicted molar refractivity (Wildman–Crippen MR) is 64.8 cm³/mol. The highest BCUT2D eigenvalue weighted by Gasteiger charge is 2.21. The molecule has 1 N–H and O–H groups in total. The van der Waals surface area contributed by atoms with Crippen LogP contribution in [0.4, 0.5) is 0 Å². The number of nitrogens with zero attached hydrogens (tertiary/aromatic N) is 1. The minimum absolute atomic E-state index is 0.0409. The number of allylic oxidation sites excluding steroid dienone is 1. The van der Waals surface area contributed by atoms with Crippen LogP contribution in [0.5, 0.6) is 0 Å². The Hall–Kier alpha value is -1.60. The van der Waals surface area contributed by atoms with Crippen LogP contribution in [-0.2, 0) is 10.8 Å². The molecule has 2 rings (SSSR count). The molecule has 2 unspecified atom stereocenters. The Kier molecular flexibility index (Phi) is 3.07. The third-order valence-electron chi connectivity index (χ3n) is 2.58. The Bertz CT molecular complexity index is 502. The van der Waals surface area contributed by atoms with Crippen molar-refractivity contribution in [2.24, 2.45) is 0 Å². The first kappa shape index (κ1) is 10.9. The maximum atomic E-state index is 11.3. The fourth-order valence-corrected chi connectivity index (χ4v) is 2.61. The lowest BCUT2D eigenvalue weighted by atomic mass is 9.94. The predicted octanol–water partition coefficient (Wildman–Crippen LogP) is 1.57. The van der Waals surface area contributed by atoms with E-state index < -0.39 is 10.8 Å². The minimum Gasteiger partial charge on any atom is -0.382 e. The second kappa shape index (κ2) is 4.50. The van der Waals surface area contributed by atoms with E-state index in [1.807, 2.05) is 24.3 Å². The smallest absolute Gasteiger partial charge is 0.101 e. The van der Waals surface area contributed by atoms with Crippen LogP contribution in [0.25, 0.3) is 5.57 Å². The summed E-state index contributed by atoms with van der Waals surface area (Å²) in [6.45, 7) is 0. The van der Waals surface area contributed by atoms with Crippen LogP contribution in [0.3, 0.4) is 0 Å². The molecular formula is C12H12N2OS. The second-order valence-electron chi connectivity index (χ2n) is 3.72. The van der Waals surface area contributed by atoms with Crippen molar-refractivity contribution in [3.8, 4) is 6.07 Å². The highest BCUT2D eigenvalue weighted by Crippen LogP contribution is 2.28. The van der Waals surface area contributed by atoms with E-state index in [0.29, 0.717) is 11.3 Å². The molecular weight excluding hydrogens is 220 g/mol. The van der Waals surface area contributed by atoms with Crippen LogP contribution in [-0.4, -0.2) is 16.2 Å². The summed E-state index contributed by atoms with van der Waals surface area (Å²) >= 11 is 0. The number of nitriles is 1. The van der Waals surface area contributed by atoms with E-state index in [-0.39, 0.29) is 6.04 Å². The monoisotopic (exact) mass is 232 g/mol. The summed E-state index contributed by atoms with van der Waals surface area (Å²) in [6.07, 6.45) is 3.40. The average Bonchev–Trinajstić information content (AvgIpc) is 2.29. The van der Waals surface area contributed by atoms with Crippen LogP contribution >= 0.6 is 0 Å². The lowest BCUT2D eigenvalue weighted by Gasteiger charge is -2.24. The highest BCUT2D eigenvalue weighted by atomic mass is 32.2. The van der Waals surface area contributed by atoms with Crippen molar-refractivity contribution in [1.29, 1.82) is 5.26 Å². The number of rotatable bonds is 2. The maximum absolute atomic E-state index is 11.3. The molecule has 0 spiro atoms. The Labute approximate surface area is 97.2 Å². The first-order valence-electron chi connectivity index (χ1n) is 4.98. The number of hydrogen-bond donors (Lipinski definition) is 1. The molecule has 1 heterocycles. The molecule has 1 aromatic carbocycles. The zero-order valence-electron chi connectivity index (χ0n) is 8.93. The van der Waals surface area contributed by atoms with Gasteiger partial charge in [-0.2, -0.15) is 5.26 Å². The lowest BCUT2D eigenvalue weighted by Crippen LogP contribution is -2.26. The van der Waals surface area contributed by atoms with Crippen LogP contribution in [0, 0.1) is 11.3 Å². The second-order valence-corrected chi connectivity index (χ2v) is 5.20. The highest BCUT2D eigenvalue weighted by molar-refractivity contribution is 7.84. The fraction of sp³-hybridized carbons (Fsp3) is 0.250. The minimum atomic E-state index is -0.858. The topological polar surface area (TPSA) is 52.9 Å². The molecule has 1 aliphatic rings. The van der Waals surface area contributed by atoms with Crippen LogP contribution in [0.1, 0.15) is 17.2 Å². The molecule has 82 valence electrons. The summed E-state index contributed by atoms with van der Waals surface area (Å²) in [5, 5.41) is 12.1. The number of hydrogen-bond acceptors (Lipinski definition) is 3. The van der Waals surface area contributed by atoms with E-state index in [9.17, 15) is 4.21 Å². The van der Waals surface area contributed by atoms with Gasteiger partial charge >= 0.3 is 0 Å². The van der Waals surface area contributed by atoms with Crippen molar-refractivity contribution < 1.29 is 4.21 Å². The van der Waals surface area contributed by atoms with Gasteiger partial charge in [-0.1, -0.05) is 24.3 Å². The standard InChI is InChI=1S/C12H12N2OS/c1-16(15)8-12-11-5-3-2-4-10(11)9(6-13)7-14-12/h2-5,7,12,14H,8H2,1H3. The molecule has 0 aliphatic carbocycles. The third kappa shape index (κ3) is 2.00. The molecule has 0 bridgehead atoms. The summed E-state index contributed by atoms with van der Waals surface area (Å²) in [6, 6.07) is 9.95. The van der Waals surface area contributed by atoms with Crippen molar-refractivity contribution in [3.63, 3.8) is 0 Å². The molecule has 3 nitrogen and oxygen atoms in total. The lowest BCUT2D eigenvalue weighted by molar-refractivity contribution is 0.652. The van der Waals surface area contributed by atoms with Crippen LogP contribution in [0.15, 0.2) is 30.5 Å². The average molecular weight is 232 g/mol. The molecule has 16 heavy (non-hydrogen) atoms. The van der Waals surface area contributed by atoms with E-state index in [0.717, 1.165) is 11.1 Å². The van der Waals surface area contributed by atoms with Gasteiger partial charge in [-0.05, 0) is 11.1 Å². The zero-order chi connectivity index (χ0) is 11.5. The number of nitrogens with one attached hydrogen (secondary N) is 1. The molecule has 1 aromatic rings. The fourth-order valence-electron chi connectivity index (χ4n) is 1.86. The van der Waals surface area contributed by atoms with Gasteiger partial charge in [0.15, 0.2) is 0 Å². The van der Waals surface area contributed by atoms with Crippen molar-refractivity contribution in [2.45, 2.75) is 6.04 Å². The third-order valence-corrected chi connectivity index (χ3v) is 3.38. The number of benzene rings is 1. The Morgan fingerprint density at radius 3 is 2.94 bits per heavy atom. The van der Waals surface area contributed by atoms with Gasteiger partial charge in [0.1, 0.15) is 6.07 Å². The normalized spacial score (nSPS) is 20.0. The summed E-state index contributed by atoms with van der Waals surface area (Å²) in [5.41, 5.74) is 2.63. The van der Waals surface area contributed by atoms with E-state index in [4.69, 9.17) is 5.26 Å². The molecule has 1 aliphatic heterocycles. The molecule has 0 radical (unpaired) electrons. The zero-order valence-corrected chi connectivity index (χ0v) is 9.75. The summed E-state index contributed by atoms with van der Waals surface area (Å²) in [4.78, 5) is 0. The van der Waals surface area contributed by atoms with E-state index in [1.165, 1.54) is 0 Å². The van der Waals surface area contributed by atoms with Gasteiger partial charge < -0.3 is 5.32 Å². The molecule has 2 atom stereocenters. The van der Waals surface area contributed by atoms with Crippen molar-refractivity contribution in [1.82, 2.24) is 5.32 Å².